The van der Waals surface area contributed by atoms with Crippen LogP contribution in [0.25, 0.3) is 0 Å². The van der Waals surface area contributed by atoms with E-state index in [0.717, 1.165) is 0 Å². The average molecular weight is 214 g/mol. The van der Waals surface area contributed by atoms with Crippen LogP contribution in [0.4, 0.5) is 4.39 Å². The Morgan fingerprint density at radius 1 is 1.47 bits per heavy atom. The third kappa shape index (κ3) is 3.18. The molecule has 1 N–H and O–H groups in total. The molecule has 0 aliphatic heterocycles. The lowest BCUT2D eigenvalue weighted by atomic mass is 10.2. The number of ether oxygens (including phenoxy) is 2. The van der Waals surface area contributed by atoms with E-state index < -0.39 is 5.82 Å². The summed E-state index contributed by atoms with van der Waals surface area (Å²) in [7, 11) is 1.55. The van der Waals surface area contributed by atoms with Gasteiger partial charge in [0.1, 0.15) is 6.10 Å². The van der Waals surface area contributed by atoms with Gasteiger partial charge in [-0.25, -0.2) is 4.39 Å². The van der Waals surface area contributed by atoms with Crippen LogP contribution in [0, 0.1) is 5.82 Å². The molecule has 1 atom stereocenters. The number of aliphatic hydroxyl groups excluding tert-OH is 1. The second kappa shape index (κ2) is 5.68. The quantitative estimate of drug-likeness (QED) is 0.811. The maximum atomic E-state index is 13.4. The number of rotatable bonds is 5. The van der Waals surface area contributed by atoms with Gasteiger partial charge in [-0.1, -0.05) is 12.1 Å². The number of aliphatic hydroxyl groups is 1. The van der Waals surface area contributed by atoms with Gasteiger partial charge < -0.3 is 14.6 Å². The van der Waals surface area contributed by atoms with Crippen molar-refractivity contribution in [2.75, 3.05) is 13.7 Å². The highest BCUT2D eigenvalue weighted by molar-refractivity contribution is 5.34. The number of hydrogen-bond donors (Lipinski definition) is 1. The highest BCUT2D eigenvalue weighted by atomic mass is 19.1. The van der Waals surface area contributed by atoms with Crippen molar-refractivity contribution in [2.24, 2.45) is 0 Å². The number of para-hydroxylation sites is 1. The lowest BCUT2D eigenvalue weighted by molar-refractivity contribution is 0.0873. The number of benzene rings is 1. The Bertz CT molecular complexity index is 315. The third-order valence-corrected chi connectivity index (χ3v) is 1.94. The zero-order chi connectivity index (χ0) is 11.3. The third-order valence-electron chi connectivity index (χ3n) is 1.94. The average Bonchev–Trinajstić information content (AvgIpc) is 2.21. The topological polar surface area (TPSA) is 38.7 Å². The van der Waals surface area contributed by atoms with Crippen LogP contribution in [0.2, 0.25) is 0 Å². The first kappa shape index (κ1) is 11.9. The van der Waals surface area contributed by atoms with Crippen LogP contribution in [0.1, 0.15) is 12.5 Å². The monoisotopic (exact) mass is 214 g/mol. The van der Waals surface area contributed by atoms with Crippen LogP contribution in [0.15, 0.2) is 18.2 Å². The van der Waals surface area contributed by atoms with Crippen molar-refractivity contribution in [3.63, 3.8) is 0 Å². The van der Waals surface area contributed by atoms with Crippen LogP contribution in [-0.4, -0.2) is 24.9 Å². The molecule has 0 saturated carbocycles. The van der Waals surface area contributed by atoms with Crippen molar-refractivity contribution in [3.05, 3.63) is 29.6 Å². The van der Waals surface area contributed by atoms with Gasteiger partial charge in [0, 0.05) is 12.7 Å². The molecule has 0 radical (unpaired) electrons. The molecule has 4 heteroatoms. The van der Waals surface area contributed by atoms with Crippen LogP contribution in [0.5, 0.6) is 5.75 Å². The molecular weight excluding hydrogens is 199 g/mol. The van der Waals surface area contributed by atoms with Crippen molar-refractivity contribution in [3.8, 4) is 5.75 Å². The molecule has 1 aromatic rings. The molecule has 0 saturated heterocycles. The minimum absolute atomic E-state index is 0.101. The number of methoxy groups -OCH3 is 1. The summed E-state index contributed by atoms with van der Waals surface area (Å²) in [5.41, 5.74) is 0.443. The smallest absolute Gasteiger partial charge is 0.165 e. The number of halogens is 1. The highest BCUT2D eigenvalue weighted by Crippen LogP contribution is 2.23. The molecular formula is C11H15FO3. The van der Waals surface area contributed by atoms with Gasteiger partial charge in [-0.2, -0.15) is 0 Å². The van der Waals surface area contributed by atoms with E-state index in [1.54, 1.807) is 20.1 Å². The summed E-state index contributed by atoms with van der Waals surface area (Å²) in [6, 6.07) is 4.46. The van der Waals surface area contributed by atoms with E-state index in [1.165, 1.54) is 12.1 Å². The first-order valence-corrected chi connectivity index (χ1v) is 4.73. The van der Waals surface area contributed by atoms with Gasteiger partial charge in [0.05, 0.1) is 13.2 Å². The van der Waals surface area contributed by atoms with Gasteiger partial charge in [0.15, 0.2) is 11.6 Å². The molecule has 0 heterocycles. The molecule has 0 aromatic heterocycles. The van der Waals surface area contributed by atoms with Gasteiger partial charge in [-0.3, -0.25) is 0 Å². The summed E-state index contributed by atoms with van der Waals surface area (Å²) in [4.78, 5) is 0. The summed E-state index contributed by atoms with van der Waals surface area (Å²) in [5.74, 6) is -0.367. The van der Waals surface area contributed by atoms with Gasteiger partial charge in [0.25, 0.3) is 0 Å². The van der Waals surface area contributed by atoms with Crippen LogP contribution in [0.3, 0.4) is 0 Å². The lowest BCUT2D eigenvalue weighted by Crippen LogP contribution is -2.19. The lowest BCUT2D eigenvalue weighted by Gasteiger charge is -2.16. The van der Waals surface area contributed by atoms with Crippen molar-refractivity contribution < 1.29 is 19.0 Å². The van der Waals surface area contributed by atoms with Gasteiger partial charge >= 0.3 is 0 Å². The normalized spacial score (nSPS) is 12.5. The fourth-order valence-electron chi connectivity index (χ4n) is 1.28. The molecule has 15 heavy (non-hydrogen) atoms. The minimum Gasteiger partial charge on any atom is -0.485 e. The van der Waals surface area contributed by atoms with Crippen molar-refractivity contribution in [1.29, 1.82) is 0 Å². The summed E-state index contributed by atoms with van der Waals surface area (Å²) >= 11 is 0. The fraction of sp³-hybridized carbons (Fsp3) is 0.455. The largest absolute Gasteiger partial charge is 0.485 e. The van der Waals surface area contributed by atoms with E-state index in [1.807, 2.05) is 0 Å². The van der Waals surface area contributed by atoms with Gasteiger partial charge in [0.2, 0.25) is 0 Å². The predicted octanol–water partition coefficient (Wildman–Crippen LogP) is 1.73. The molecule has 3 nitrogen and oxygen atoms in total. The van der Waals surface area contributed by atoms with Crippen LogP contribution >= 0.6 is 0 Å². The summed E-state index contributed by atoms with van der Waals surface area (Å²) in [5, 5.41) is 9.01. The summed E-state index contributed by atoms with van der Waals surface area (Å²) in [6.45, 7) is 1.91. The first-order chi connectivity index (χ1) is 7.19. The fourth-order valence-corrected chi connectivity index (χ4v) is 1.28. The first-order valence-electron chi connectivity index (χ1n) is 4.73. The Hall–Kier alpha value is -1.13. The molecule has 1 rings (SSSR count). The Morgan fingerprint density at radius 3 is 2.80 bits per heavy atom. The van der Waals surface area contributed by atoms with E-state index in [9.17, 15) is 4.39 Å². The second-order valence-electron chi connectivity index (χ2n) is 3.27. The molecule has 0 aliphatic rings. The Morgan fingerprint density at radius 2 is 2.20 bits per heavy atom. The van der Waals surface area contributed by atoms with Gasteiger partial charge in [-0.05, 0) is 13.0 Å². The van der Waals surface area contributed by atoms with E-state index >= 15 is 0 Å². The maximum absolute atomic E-state index is 13.4. The van der Waals surface area contributed by atoms with Gasteiger partial charge in [-0.15, -0.1) is 0 Å². The second-order valence-corrected chi connectivity index (χ2v) is 3.27. The maximum Gasteiger partial charge on any atom is 0.165 e. The Labute approximate surface area is 88.4 Å². The van der Waals surface area contributed by atoms with E-state index in [0.29, 0.717) is 12.2 Å². The molecule has 0 spiro atoms. The minimum atomic E-state index is -0.468. The molecule has 1 unspecified atom stereocenters. The van der Waals surface area contributed by atoms with Crippen LogP contribution < -0.4 is 4.74 Å². The summed E-state index contributed by atoms with van der Waals surface area (Å²) in [6.07, 6.45) is -0.253. The van der Waals surface area contributed by atoms with E-state index in [2.05, 4.69) is 0 Å². The van der Waals surface area contributed by atoms with Crippen molar-refractivity contribution >= 4 is 0 Å². The zero-order valence-corrected chi connectivity index (χ0v) is 8.87. The Kier molecular flexibility index (Phi) is 4.52. The van der Waals surface area contributed by atoms with Crippen molar-refractivity contribution in [1.82, 2.24) is 0 Å². The molecule has 1 aromatic carbocycles. The van der Waals surface area contributed by atoms with E-state index in [4.69, 9.17) is 14.6 Å². The molecule has 0 bridgehead atoms. The molecule has 0 amide bonds. The molecule has 0 aliphatic carbocycles. The van der Waals surface area contributed by atoms with Crippen molar-refractivity contribution in [2.45, 2.75) is 19.6 Å². The predicted molar refractivity (Wildman–Crippen MR) is 54.3 cm³/mol. The standard InChI is InChI=1S/C11H15FO3/c1-8(7-14-2)15-11-9(6-13)4-3-5-10(11)12/h3-5,8,13H,6-7H2,1-2H3. The molecule has 0 fully saturated rings. The number of hydrogen-bond acceptors (Lipinski definition) is 3. The molecule has 84 valence electrons. The Balaban J connectivity index is 2.82. The highest BCUT2D eigenvalue weighted by Gasteiger charge is 2.12. The van der Waals surface area contributed by atoms with E-state index in [-0.39, 0.29) is 18.5 Å². The SMILES string of the molecule is COCC(C)Oc1c(F)cccc1CO. The summed E-state index contributed by atoms with van der Waals surface area (Å²) < 4.78 is 23.6. The zero-order valence-electron chi connectivity index (χ0n) is 8.87. The van der Waals surface area contributed by atoms with Crippen LogP contribution in [-0.2, 0) is 11.3 Å².